The van der Waals surface area contributed by atoms with Crippen molar-refractivity contribution in [3.05, 3.63) is 53.7 Å². The van der Waals surface area contributed by atoms with Crippen LogP contribution in [0.15, 0.2) is 42.5 Å². The zero-order valence-electron chi connectivity index (χ0n) is 17.8. The molecule has 3 rings (SSSR count). The third-order valence-corrected chi connectivity index (χ3v) is 5.44. The van der Waals surface area contributed by atoms with E-state index in [2.05, 4.69) is 4.98 Å². The molecular formula is C22H20F8N2O2. The number of benzene rings is 1. The first-order valence-electron chi connectivity index (χ1n) is 10.2. The molecule has 1 aromatic heterocycles. The molecule has 0 bridgehead atoms. The molecule has 1 unspecified atom stereocenters. The maximum Gasteiger partial charge on any atom is 0.461 e. The number of carbonyl (C=O) groups is 1. The number of aromatic nitrogens is 1. The highest BCUT2D eigenvalue weighted by molar-refractivity contribution is 5.87. The number of Topliss-reactive ketones (excluding diaryl/α,β-unsaturated/α-hetero) is 1. The summed E-state index contributed by atoms with van der Waals surface area (Å²) in [5.74, 6) is -7.95. The SMILES string of the molecule is C[C@H](CC(=O)C(F)(F)C(F)(F)F)c1ccc(OC2CCN(c3cccc(C(F)(F)F)n3)C2)cc1. The van der Waals surface area contributed by atoms with E-state index in [0.29, 0.717) is 24.3 Å². The van der Waals surface area contributed by atoms with Crippen molar-refractivity contribution in [3.63, 3.8) is 0 Å². The number of alkyl halides is 8. The molecule has 2 aromatic rings. The Bertz CT molecular complexity index is 1010. The maximum atomic E-state index is 13.2. The Hall–Kier alpha value is -2.92. The zero-order chi connectivity index (χ0) is 25.3. The monoisotopic (exact) mass is 496 g/mol. The van der Waals surface area contributed by atoms with E-state index in [4.69, 9.17) is 4.74 Å². The van der Waals surface area contributed by atoms with Crippen molar-refractivity contribution in [3.8, 4) is 5.75 Å². The van der Waals surface area contributed by atoms with Crippen molar-refractivity contribution in [1.82, 2.24) is 4.98 Å². The van der Waals surface area contributed by atoms with E-state index >= 15 is 0 Å². The van der Waals surface area contributed by atoms with E-state index in [1.54, 1.807) is 4.90 Å². The second-order valence-electron chi connectivity index (χ2n) is 8.02. The maximum absolute atomic E-state index is 13.2. The number of carbonyl (C=O) groups excluding carboxylic acids is 1. The number of rotatable bonds is 7. The number of nitrogens with zero attached hydrogens (tertiary/aromatic N) is 2. The summed E-state index contributed by atoms with van der Waals surface area (Å²) in [4.78, 5) is 16.8. The van der Waals surface area contributed by atoms with Gasteiger partial charge in [0.2, 0.25) is 5.78 Å². The fourth-order valence-electron chi connectivity index (χ4n) is 3.54. The summed E-state index contributed by atoms with van der Waals surface area (Å²) in [5.41, 5.74) is -0.620. The highest BCUT2D eigenvalue weighted by Gasteiger charge is 2.62. The van der Waals surface area contributed by atoms with Crippen molar-refractivity contribution in [1.29, 1.82) is 0 Å². The van der Waals surface area contributed by atoms with Crippen molar-refractivity contribution >= 4 is 11.6 Å². The first-order valence-corrected chi connectivity index (χ1v) is 10.2. The fourth-order valence-corrected chi connectivity index (χ4v) is 3.54. The van der Waals surface area contributed by atoms with Gasteiger partial charge in [0.25, 0.3) is 0 Å². The van der Waals surface area contributed by atoms with Gasteiger partial charge in [-0.2, -0.15) is 35.1 Å². The summed E-state index contributed by atoms with van der Waals surface area (Å²) in [7, 11) is 0. The molecule has 1 aliphatic rings. The zero-order valence-corrected chi connectivity index (χ0v) is 17.8. The molecule has 2 heterocycles. The Labute approximate surface area is 189 Å². The summed E-state index contributed by atoms with van der Waals surface area (Å²) in [5, 5.41) is 0. The predicted molar refractivity (Wildman–Crippen MR) is 106 cm³/mol. The van der Waals surface area contributed by atoms with Gasteiger partial charge >= 0.3 is 18.3 Å². The highest BCUT2D eigenvalue weighted by Crippen LogP contribution is 2.38. The van der Waals surface area contributed by atoms with Crippen LogP contribution in [0.5, 0.6) is 5.75 Å². The Balaban J connectivity index is 1.58. The smallest absolute Gasteiger partial charge is 0.461 e. The number of hydrogen-bond donors (Lipinski definition) is 0. The van der Waals surface area contributed by atoms with Gasteiger partial charge in [-0.25, -0.2) is 4.98 Å². The third kappa shape index (κ3) is 5.76. The van der Waals surface area contributed by atoms with Gasteiger partial charge in [0.05, 0.1) is 6.54 Å². The van der Waals surface area contributed by atoms with Crippen LogP contribution in [0.2, 0.25) is 0 Å². The Morgan fingerprint density at radius 3 is 2.29 bits per heavy atom. The molecule has 0 N–H and O–H groups in total. The minimum Gasteiger partial charge on any atom is -0.489 e. The van der Waals surface area contributed by atoms with Gasteiger partial charge in [0.15, 0.2) is 0 Å². The second-order valence-corrected chi connectivity index (χ2v) is 8.02. The normalized spacial score (nSPS) is 18.1. The molecule has 4 nitrogen and oxygen atoms in total. The van der Waals surface area contributed by atoms with Gasteiger partial charge in [-0.15, -0.1) is 0 Å². The van der Waals surface area contributed by atoms with E-state index in [-0.39, 0.29) is 18.5 Å². The van der Waals surface area contributed by atoms with Crippen LogP contribution >= 0.6 is 0 Å². The third-order valence-electron chi connectivity index (χ3n) is 5.44. The molecule has 0 saturated carbocycles. The van der Waals surface area contributed by atoms with Crippen molar-refractivity contribution in [2.75, 3.05) is 18.0 Å². The highest BCUT2D eigenvalue weighted by atomic mass is 19.4. The van der Waals surface area contributed by atoms with Crippen LogP contribution in [-0.2, 0) is 11.0 Å². The molecule has 1 aliphatic heterocycles. The number of anilines is 1. The molecule has 0 spiro atoms. The van der Waals surface area contributed by atoms with Gasteiger partial charge in [0, 0.05) is 19.4 Å². The summed E-state index contributed by atoms with van der Waals surface area (Å²) in [6, 6.07) is 9.52. The minimum absolute atomic E-state index is 0.172. The van der Waals surface area contributed by atoms with Crippen LogP contribution in [0.1, 0.15) is 36.9 Å². The molecule has 34 heavy (non-hydrogen) atoms. The van der Waals surface area contributed by atoms with Crippen molar-refractivity contribution in [2.24, 2.45) is 0 Å². The lowest BCUT2D eigenvalue weighted by atomic mass is 9.93. The summed E-state index contributed by atoms with van der Waals surface area (Å²) in [6.45, 7) is 2.06. The van der Waals surface area contributed by atoms with Crippen LogP contribution < -0.4 is 9.64 Å². The van der Waals surface area contributed by atoms with Crippen molar-refractivity contribution in [2.45, 2.75) is 50.1 Å². The molecule has 186 valence electrons. The molecular weight excluding hydrogens is 476 g/mol. The first kappa shape index (κ1) is 25.7. The average molecular weight is 496 g/mol. The van der Waals surface area contributed by atoms with Crippen LogP contribution in [0, 0.1) is 0 Å². The second kappa shape index (κ2) is 9.38. The van der Waals surface area contributed by atoms with Crippen LogP contribution in [-0.4, -0.2) is 42.1 Å². The lowest BCUT2D eigenvalue weighted by Crippen LogP contribution is -2.44. The molecule has 0 radical (unpaired) electrons. The number of pyridine rings is 1. The lowest BCUT2D eigenvalue weighted by Gasteiger charge is -2.21. The quantitative estimate of drug-likeness (QED) is 0.440. The average Bonchev–Trinajstić information content (AvgIpc) is 3.21. The fraction of sp³-hybridized carbons (Fsp3) is 0.455. The van der Waals surface area contributed by atoms with Gasteiger partial charge in [-0.05, 0) is 35.7 Å². The van der Waals surface area contributed by atoms with Crippen LogP contribution in [0.4, 0.5) is 40.9 Å². The number of ether oxygens (including phenoxy) is 1. The van der Waals surface area contributed by atoms with E-state index < -0.39 is 42.1 Å². The standard InChI is InChI=1S/C22H20F8N2O2/c1-13(11-18(33)20(23,24)22(28,29)30)14-5-7-15(8-6-14)34-16-9-10-32(12-16)19-4-2-3-17(31-19)21(25,26)27/h2-8,13,16H,9-12H2,1H3/t13-,16?/m1/s1. The van der Waals surface area contributed by atoms with Gasteiger partial charge in [-0.3, -0.25) is 4.79 Å². The molecule has 1 saturated heterocycles. The number of halogens is 8. The first-order chi connectivity index (χ1) is 15.7. The summed E-state index contributed by atoms with van der Waals surface area (Å²) in [6.07, 6.45) is -11.3. The Kier molecular flexibility index (Phi) is 7.09. The topological polar surface area (TPSA) is 42.4 Å². The minimum atomic E-state index is -5.94. The van der Waals surface area contributed by atoms with Crippen molar-refractivity contribution < 1.29 is 44.7 Å². The van der Waals surface area contributed by atoms with Crippen LogP contribution in [0.3, 0.4) is 0 Å². The summed E-state index contributed by atoms with van der Waals surface area (Å²) < 4.78 is 108. The summed E-state index contributed by atoms with van der Waals surface area (Å²) >= 11 is 0. The Morgan fingerprint density at radius 2 is 1.71 bits per heavy atom. The lowest BCUT2D eigenvalue weighted by molar-refractivity contribution is -0.268. The van der Waals surface area contributed by atoms with E-state index in [1.165, 1.54) is 43.3 Å². The van der Waals surface area contributed by atoms with E-state index in [9.17, 15) is 39.9 Å². The molecule has 2 atom stereocenters. The molecule has 12 heteroatoms. The predicted octanol–water partition coefficient (Wildman–Crippen LogP) is 6.02. The molecule has 0 amide bonds. The number of hydrogen-bond acceptors (Lipinski definition) is 4. The van der Waals surface area contributed by atoms with Crippen LogP contribution in [0.25, 0.3) is 0 Å². The van der Waals surface area contributed by atoms with Gasteiger partial charge in [0.1, 0.15) is 23.4 Å². The molecule has 1 aromatic carbocycles. The van der Waals surface area contributed by atoms with E-state index in [1.807, 2.05) is 0 Å². The van der Waals surface area contributed by atoms with Gasteiger partial charge < -0.3 is 9.64 Å². The number of ketones is 1. The molecule has 1 fully saturated rings. The molecule has 0 aliphatic carbocycles. The van der Waals surface area contributed by atoms with E-state index in [0.717, 1.165) is 6.07 Å². The Morgan fingerprint density at radius 1 is 1.06 bits per heavy atom. The van der Waals surface area contributed by atoms with Gasteiger partial charge in [-0.1, -0.05) is 25.1 Å². The largest absolute Gasteiger partial charge is 0.489 e.